The number of hydrogen-bond donors (Lipinski definition) is 0. The van der Waals surface area contributed by atoms with Crippen molar-refractivity contribution in [1.29, 1.82) is 5.26 Å². The van der Waals surface area contributed by atoms with Crippen LogP contribution < -0.4 is 14.4 Å². The molecule has 0 aromatic heterocycles. The van der Waals surface area contributed by atoms with E-state index in [9.17, 15) is 9.59 Å². The first-order chi connectivity index (χ1) is 14.7. The zero-order valence-electron chi connectivity index (χ0n) is 16.6. The monoisotopic (exact) mass is 406 g/mol. The Balaban J connectivity index is 1.44. The highest BCUT2D eigenvalue weighted by Crippen LogP contribution is 2.34. The number of esters is 1. The molecule has 0 saturated heterocycles. The molecule has 0 N–H and O–H groups in total. The number of carbonyl (C=O) groups is 2. The zero-order chi connectivity index (χ0) is 20.9. The van der Waals surface area contributed by atoms with Gasteiger partial charge >= 0.3 is 5.97 Å². The maximum atomic E-state index is 12.8. The van der Waals surface area contributed by atoms with Crippen molar-refractivity contribution in [1.82, 2.24) is 0 Å². The number of anilines is 1. The average molecular weight is 406 g/mol. The van der Waals surface area contributed by atoms with E-state index in [4.69, 9.17) is 19.5 Å². The lowest BCUT2D eigenvalue weighted by Crippen LogP contribution is -2.35. The molecule has 7 heteroatoms. The summed E-state index contributed by atoms with van der Waals surface area (Å²) in [5.74, 6) is 0.223. The van der Waals surface area contributed by atoms with E-state index in [1.165, 1.54) is 16.0 Å². The van der Waals surface area contributed by atoms with Gasteiger partial charge in [0.1, 0.15) is 13.2 Å². The van der Waals surface area contributed by atoms with Crippen molar-refractivity contribution in [3.63, 3.8) is 0 Å². The number of nitrogens with zero attached hydrogens (tertiary/aromatic N) is 2. The van der Waals surface area contributed by atoms with Crippen molar-refractivity contribution in [3.05, 3.63) is 53.1 Å². The van der Waals surface area contributed by atoms with Crippen molar-refractivity contribution in [2.24, 2.45) is 0 Å². The summed E-state index contributed by atoms with van der Waals surface area (Å²) in [5, 5.41) is 8.96. The summed E-state index contributed by atoms with van der Waals surface area (Å²) in [5.41, 5.74) is 3.45. The Morgan fingerprint density at radius 3 is 2.67 bits per heavy atom. The first kappa shape index (κ1) is 19.8. The summed E-state index contributed by atoms with van der Waals surface area (Å²) >= 11 is 0. The molecule has 0 radical (unpaired) electrons. The van der Waals surface area contributed by atoms with Gasteiger partial charge in [-0.1, -0.05) is 6.07 Å². The smallest absolute Gasteiger partial charge is 0.338 e. The molecule has 0 saturated carbocycles. The Morgan fingerprint density at radius 2 is 1.83 bits per heavy atom. The Labute approximate surface area is 174 Å². The molecule has 154 valence electrons. The number of nitriles is 1. The van der Waals surface area contributed by atoms with Gasteiger partial charge in [-0.2, -0.15) is 5.26 Å². The van der Waals surface area contributed by atoms with Crippen LogP contribution in [0.1, 0.15) is 34.3 Å². The summed E-state index contributed by atoms with van der Waals surface area (Å²) < 4.78 is 16.4. The van der Waals surface area contributed by atoms with Crippen LogP contribution in [0.15, 0.2) is 36.4 Å². The molecule has 1 amide bonds. The summed E-state index contributed by atoms with van der Waals surface area (Å²) in [6.45, 7) is 0.685. The van der Waals surface area contributed by atoms with Crippen molar-refractivity contribution in [3.8, 4) is 17.6 Å². The molecule has 2 aliphatic rings. The zero-order valence-corrected chi connectivity index (χ0v) is 16.6. The van der Waals surface area contributed by atoms with Crippen LogP contribution in [0.3, 0.4) is 0 Å². The maximum absolute atomic E-state index is 12.8. The summed E-state index contributed by atoms with van der Waals surface area (Å²) in [7, 11) is 0. The molecule has 0 atom stereocenters. The molecular weight excluding hydrogens is 384 g/mol. The number of fused-ring (bicyclic) bond motifs is 2. The highest BCUT2D eigenvalue weighted by Gasteiger charge is 2.21. The second kappa shape index (κ2) is 8.87. The molecule has 0 unspecified atom stereocenters. The van der Waals surface area contributed by atoms with Crippen molar-refractivity contribution in [2.75, 3.05) is 31.3 Å². The van der Waals surface area contributed by atoms with Gasteiger partial charge in [0.2, 0.25) is 0 Å². The van der Waals surface area contributed by atoms with E-state index in [1.54, 1.807) is 24.3 Å². The van der Waals surface area contributed by atoms with Crippen LogP contribution in [-0.2, 0) is 22.4 Å². The predicted molar refractivity (Wildman–Crippen MR) is 109 cm³/mol. The number of benzene rings is 2. The third-order valence-electron chi connectivity index (χ3n) is 5.25. The molecule has 4 rings (SSSR count). The summed E-state index contributed by atoms with van der Waals surface area (Å²) in [6.07, 6.45) is 3.24. The minimum atomic E-state index is -0.527. The van der Waals surface area contributed by atoms with E-state index in [0.29, 0.717) is 36.0 Å². The number of amides is 1. The number of ether oxygens (including phenoxy) is 3. The van der Waals surface area contributed by atoms with Crippen LogP contribution in [0.5, 0.6) is 11.5 Å². The van der Waals surface area contributed by atoms with Crippen molar-refractivity contribution < 1.29 is 23.8 Å². The predicted octanol–water partition coefficient (Wildman–Crippen LogP) is 3.05. The fraction of sp³-hybridized carbons (Fsp3) is 0.348. The second-order valence-corrected chi connectivity index (χ2v) is 7.19. The molecule has 7 nitrogen and oxygen atoms in total. The van der Waals surface area contributed by atoms with Gasteiger partial charge in [-0.3, -0.25) is 4.79 Å². The van der Waals surface area contributed by atoms with E-state index in [1.807, 2.05) is 18.2 Å². The molecule has 1 heterocycles. The Bertz CT molecular complexity index is 1010. The number of rotatable bonds is 6. The lowest BCUT2D eigenvalue weighted by molar-refractivity contribution is -0.121. The number of carbonyl (C=O) groups excluding carboxylic acids is 2. The number of hydrogen-bond acceptors (Lipinski definition) is 6. The molecule has 0 spiro atoms. The highest BCUT2D eigenvalue weighted by atomic mass is 16.6. The quantitative estimate of drug-likeness (QED) is 0.685. The van der Waals surface area contributed by atoms with Crippen LogP contribution in [0, 0.1) is 11.3 Å². The van der Waals surface area contributed by atoms with Crippen molar-refractivity contribution >= 4 is 17.6 Å². The van der Waals surface area contributed by atoms with E-state index in [2.05, 4.69) is 0 Å². The van der Waals surface area contributed by atoms with Crippen LogP contribution in [0.4, 0.5) is 5.69 Å². The van der Waals surface area contributed by atoms with Gasteiger partial charge in [0, 0.05) is 18.3 Å². The molecule has 2 aromatic carbocycles. The average Bonchev–Trinajstić information content (AvgIpc) is 3.25. The Hall–Kier alpha value is -3.53. The van der Waals surface area contributed by atoms with Gasteiger partial charge in [-0.25, -0.2) is 4.79 Å². The summed E-state index contributed by atoms with van der Waals surface area (Å²) in [6, 6.07) is 12.7. The third-order valence-corrected chi connectivity index (χ3v) is 5.25. The molecule has 0 bridgehead atoms. The van der Waals surface area contributed by atoms with Gasteiger partial charge in [-0.15, -0.1) is 0 Å². The van der Waals surface area contributed by atoms with Gasteiger partial charge in [-0.05, 0) is 54.7 Å². The second-order valence-electron chi connectivity index (χ2n) is 7.19. The molecular formula is C23H22N2O5. The molecule has 2 aromatic rings. The first-order valence-electron chi connectivity index (χ1n) is 10.0. The first-order valence-corrected chi connectivity index (χ1v) is 10.0. The Morgan fingerprint density at radius 1 is 1.03 bits per heavy atom. The van der Waals surface area contributed by atoms with E-state index >= 15 is 0 Å². The van der Waals surface area contributed by atoms with Gasteiger partial charge < -0.3 is 19.1 Å². The molecule has 30 heavy (non-hydrogen) atoms. The third kappa shape index (κ3) is 4.23. The van der Waals surface area contributed by atoms with Crippen LogP contribution in [-0.4, -0.2) is 38.2 Å². The molecule has 0 fully saturated rings. The summed E-state index contributed by atoms with van der Waals surface area (Å²) in [4.78, 5) is 26.7. The minimum absolute atomic E-state index is 0.152. The van der Waals surface area contributed by atoms with E-state index < -0.39 is 18.5 Å². The lowest BCUT2D eigenvalue weighted by atomic mass is 10.1. The van der Waals surface area contributed by atoms with E-state index in [0.717, 1.165) is 19.3 Å². The fourth-order valence-corrected chi connectivity index (χ4v) is 3.75. The van der Waals surface area contributed by atoms with Crippen molar-refractivity contribution in [2.45, 2.75) is 25.7 Å². The molecule has 1 aliphatic heterocycles. The minimum Gasteiger partial charge on any atom is -0.486 e. The van der Waals surface area contributed by atoms with E-state index in [-0.39, 0.29) is 13.0 Å². The lowest BCUT2D eigenvalue weighted by Gasteiger charge is -2.24. The Kier molecular flexibility index (Phi) is 5.84. The van der Waals surface area contributed by atoms with Gasteiger partial charge in [0.05, 0.1) is 18.1 Å². The van der Waals surface area contributed by atoms with Crippen LogP contribution >= 0.6 is 0 Å². The molecule has 1 aliphatic carbocycles. The van der Waals surface area contributed by atoms with Gasteiger partial charge in [0.15, 0.2) is 18.1 Å². The van der Waals surface area contributed by atoms with Crippen LogP contribution in [0.2, 0.25) is 0 Å². The number of aryl methyl sites for hydroxylation is 2. The highest BCUT2D eigenvalue weighted by molar-refractivity contribution is 5.97. The van der Waals surface area contributed by atoms with Gasteiger partial charge in [0.25, 0.3) is 5.91 Å². The largest absolute Gasteiger partial charge is 0.486 e. The SMILES string of the molecule is N#CCCN(C(=O)COC(=O)c1ccc2c(c1)CCC2)c1ccc2c(c1)OCCO2. The maximum Gasteiger partial charge on any atom is 0.338 e. The normalized spacial score (nSPS) is 13.8. The fourth-order valence-electron chi connectivity index (χ4n) is 3.75. The van der Waals surface area contributed by atoms with Crippen LogP contribution in [0.25, 0.3) is 0 Å². The standard InChI is InChI=1S/C23H22N2O5/c24-9-2-10-25(19-7-8-20-21(14-19)29-12-11-28-20)22(26)15-30-23(27)18-6-5-16-3-1-4-17(16)13-18/h5-8,13-14H,1-4,10-12,15H2. The topological polar surface area (TPSA) is 88.9 Å².